The molecule has 2 rings (SSSR count). The first kappa shape index (κ1) is 14.5. The van der Waals surface area contributed by atoms with Crippen molar-refractivity contribution in [2.45, 2.75) is 6.92 Å². The molecule has 2 aromatic carbocycles. The highest BCUT2D eigenvalue weighted by Crippen LogP contribution is 2.28. The molecule has 0 saturated carbocycles. The van der Waals surface area contributed by atoms with Gasteiger partial charge in [0.05, 0.1) is 11.3 Å². The Hall–Kier alpha value is -1.95. The first-order valence-corrected chi connectivity index (χ1v) is 6.43. The summed E-state index contributed by atoms with van der Waals surface area (Å²) in [5, 5.41) is 11.6. The lowest BCUT2D eigenvalue weighted by molar-refractivity contribution is 0.0698. The van der Waals surface area contributed by atoms with Crippen molar-refractivity contribution >= 4 is 33.3 Å². The zero-order valence-electron chi connectivity index (χ0n) is 10.4. The Morgan fingerprint density at radius 2 is 1.80 bits per heavy atom. The maximum atomic E-state index is 13.7. The van der Waals surface area contributed by atoms with E-state index in [-0.39, 0.29) is 21.4 Å². The molecule has 0 fully saturated rings. The predicted octanol–water partition coefficient (Wildman–Crippen LogP) is 4.48. The van der Waals surface area contributed by atoms with Crippen LogP contribution in [0.3, 0.4) is 0 Å². The topological polar surface area (TPSA) is 49.3 Å². The third-order valence-corrected chi connectivity index (χ3v) is 3.13. The Balaban J connectivity index is 2.48. The highest BCUT2D eigenvalue weighted by Gasteiger charge is 2.15. The van der Waals surface area contributed by atoms with Crippen molar-refractivity contribution < 1.29 is 18.7 Å². The molecule has 0 atom stereocenters. The van der Waals surface area contributed by atoms with E-state index < -0.39 is 17.6 Å². The van der Waals surface area contributed by atoms with Crippen LogP contribution in [0.5, 0.6) is 0 Å². The predicted molar refractivity (Wildman–Crippen MR) is 75.5 cm³/mol. The number of hydrogen-bond acceptors (Lipinski definition) is 2. The third-order valence-electron chi connectivity index (χ3n) is 2.67. The van der Waals surface area contributed by atoms with Gasteiger partial charge in [0.25, 0.3) is 0 Å². The average Bonchev–Trinajstić information content (AvgIpc) is 2.34. The van der Waals surface area contributed by atoms with Crippen molar-refractivity contribution in [3.63, 3.8) is 0 Å². The molecule has 0 heterocycles. The van der Waals surface area contributed by atoms with Crippen LogP contribution in [0.2, 0.25) is 0 Å². The van der Waals surface area contributed by atoms with Crippen molar-refractivity contribution in [2.75, 3.05) is 5.32 Å². The zero-order valence-corrected chi connectivity index (χ0v) is 12.0. The van der Waals surface area contributed by atoms with E-state index >= 15 is 0 Å². The van der Waals surface area contributed by atoms with Crippen LogP contribution in [-0.4, -0.2) is 11.1 Å². The third kappa shape index (κ3) is 2.96. The lowest BCUT2D eigenvalue weighted by Gasteiger charge is -2.12. The average molecular weight is 342 g/mol. The number of aromatic carboxylic acids is 1. The van der Waals surface area contributed by atoms with Gasteiger partial charge in [0.15, 0.2) is 11.6 Å². The number of carboxylic acid groups (broad SMARTS) is 1. The van der Waals surface area contributed by atoms with Crippen molar-refractivity contribution in [1.29, 1.82) is 0 Å². The van der Waals surface area contributed by atoms with Crippen molar-refractivity contribution in [3.8, 4) is 0 Å². The molecule has 20 heavy (non-hydrogen) atoms. The van der Waals surface area contributed by atoms with Crippen LogP contribution in [0.15, 0.2) is 34.8 Å². The summed E-state index contributed by atoms with van der Waals surface area (Å²) in [4.78, 5) is 11.2. The molecular formula is C14H10BrF2NO2. The molecule has 104 valence electrons. The fraction of sp³-hybridized carbons (Fsp3) is 0.0714. The van der Waals surface area contributed by atoms with E-state index in [2.05, 4.69) is 21.2 Å². The van der Waals surface area contributed by atoms with Gasteiger partial charge in [0.1, 0.15) is 5.69 Å². The van der Waals surface area contributed by atoms with E-state index in [0.717, 1.165) is 17.7 Å². The monoisotopic (exact) mass is 341 g/mol. The van der Waals surface area contributed by atoms with E-state index in [1.54, 1.807) is 13.0 Å². The van der Waals surface area contributed by atoms with Crippen LogP contribution in [0.1, 0.15) is 15.9 Å². The van der Waals surface area contributed by atoms with Gasteiger partial charge in [-0.1, -0.05) is 27.6 Å². The second kappa shape index (κ2) is 5.58. The molecule has 0 spiro atoms. The number of hydrogen-bond donors (Lipinski definition) is 2. The fourth-order valence-corrected chi connectivity index (χ4v) is 2.14. The van der Waals surface area contributed by atoms with Gasteiger partial charge in [-0.2, -0.15) is 0 Å². The minimum Gasteiger partial charge on any atom is -0.478 e. The van der Waals surface area contributed by atoms with Gasteiger partial charge in [-0.15, -0.1) is 0 Å². The van der Waals surface area contributed by atoms with E-state index in [1.165, 1.54) is 12.1 Å². The molecule has 0 aromatic heterocycles. The summed E-state index contributed by atoms with van der Waals surface area (Å²) in [5.74, 6) is -2.79. The molecular weight excluding hydrogens is 332 g/mol. The Labute approximate surface area is 122 Å². The number of halogens is 3. The van der Waals surface area contributed by atoms with E-state index in [1.807, 2.05) is 0 Å². The quantitative estimate of drug-likeness (QED) is 0.865. The SMILES string of the molecule is Cc1ccc(Nc2c(F)cc(Br)cc2F)c(C(=O)O)c1. The van der Waals surface area contributed by atoms with Crippen molar-refractivity contribution in [3.05, 3.63) is 57.6 Å². The molecule has 0 aliphatic rings. The van der Waals surface area contributed by atoms with E-state index in [4.69, 9.17) is 5.11 Å². The van der Waals surface area contributed by atoms with Crippen molar-refractivity contribution in [2.24, 2.45) is 0 Å². The smallest absolute Gasteiger partial charge is 0.337 e. The first-order valence-electron chi connectivity index (χ1n) is 5.64. The summed E-state index contributed by atoms with van der Waals surface area (Å²) in [6.07, 6.45) is 0. The second-order valence-corrected chi connectivity index (χ2v) is 5.14. The van der Waals surface area contributed by atoms with Crippen LogP contribution in [0, 0.1) is 18.6 Å². The highest BCUT2D eigenvalue weighted by atomic mass is 79.9. The minimum absolute atomic E-state index is 0.0493. The Bertz CT molecular complexity index is 666. The number of rotatable bonds is 3. The van der Waals surface area contributed by atoms with Gasteiger partial charge in [-0.3, -0.25) is 0 Å². The number of nitrogens with one attached hydrogen (secondary N) is 1. The first-order chi connectivity index (χ1) is 9.38. The normalized spacial score (nSPS) is 10.4. The summed E-state index contributed by atoms with van der Waals surface area (Å²) in [5.41, 5.74) is 0.430. The summed E-state index contributed by atoms with van der Waals surface area (Å²) in [6.45, 7) is 1.73. The Morgan fingerprint density at radius 3 is 2.35 bits per heavy atom. The van der Waals surface area contributed by atoms with Gasteiger partial charge in [0.2, 0.25) is 0 Å². The molecule has 3 nitrogen and oxygen atoms in total. The molecule has 6 heteroatoms. The van der Waals surface area contributed by atoms with E-state index in [0.29, 0.717) is 0 Å². The van der Waals surface area contributed by atoms with Crippen LogP contribution < -0.4 is 5.32 Å². The number of carbonyl (C=O) groups is 1. The lowest BCUT2D eigenvalue weighted by Crippen LogP contribution is -2.05. The van der Waals surface area contributed by atoms with Crippen LogP contribution >= 0.6 is 15.9 Å². The summed E-state index contributed by atoms with van der Waals surface area (Å²) in [7, 11) is 0. The maximum Gasteiger partial charge on any atom is 0.337 e. The molecule has 0 aliphatic carbocycles. The molecule has 0 saturated heterocycles. The summed E-state index contributed by atoms with van der Waals surface area (Å²) in [6, 6.07) is 6.75. The van der Waals surface area contributed by atoms with Crippen LogP contribution in [0.25, 0.3) is 0 Å². The van der Waals surface area contributed by atoms with Gasteiger partial charge in [0, 0.05) is 4.47 Å². The molecule has 2 N–H and O–H groups in total. The largest absolute Gasteiger partial charge is 0.478 e. The second-order valence-electron chi connectivity index (χ2n) is 4.22. The van der Waals surface area contributed by atoms with Gasteiger partial charge in [-0.25, -0.2) is 13.6 Å². The number of anilines is 2. The van der Waals surface area contributed by atoms with E-state index in [9.17, 15) is 13.6 Å². The van der Waals surface area contributed by atoms with Gasteiger partial charge >= 0.3 is 5.97 Å². The zero-order chi connectivity index (χ0) is 14.9. The van der Waals surface area contributed by atoms with Crippen LogP contribution in [-0.2, 0) is 0 Å². The lowest BCUT2D eigenvalue weighted by atomic mass is 10.1. The number of carboxylic acids is 1. The number of aryl methyl sites for hydroxylation is 1. The van der Waals surface area contributed by atoms with Gasteiger partial charge < -0.3 is 10.4 Å². The fourth-order valence-electron chi connectivity index (χ4n) is 1.74. The number of benzene rings is 2. The molecule has 2 aromatic rings. The minimum atomic E-state index is -1.17. The molecule has 0 bridgehead atoms. The Kier molecular flexibility index (Phi) is 4.04. The standard InChI is InChI=1S/C14H10BrF2NO2/c1-7-2-3-12(9(4-7)14(19)20)18-13-10(16)5-8(15)6-11(13)17/h2-6,18H,1H3,(H,19,20). The molecule has 0 radical (unpaired) electrons. The van der Waals surface area contributed by atoms with Gasteiger partial charge in [-0.05, 0) is 31.2 Å². The Morgan fingerprint density at radius 1 is 1.20 bits per heavy atom. The van der Waals surface area contributed by atoms with Crippen LogP contribution in [0.4, 0.5) is 20.2 Å². The molecule has 0 unspecified atom stereocenters. The highest BCUT2D eigenvalue weighted by molar-refractivity contribution is 9.10. The molecule has 0 aliphatic heterocycles. The summed E-state index contributed by atoms with van der Waals surface area (Å²) >= 11 is 2.98. The van der Waals surface area contributed by atoms with Crippen molar-refractivity contribution in [1.82, 2.24) is 0 Å². The summed E-state index contributed by atoms with van der Waals surface area (Å²) < 4.78 is 27.7. The maximum absolute atomic E-state index is 13.7. The molecule has 0 amide bonds.